The first kappa shape index (κ1) is 14.5. The van der Waals surface area contributed by atoms with E-state index in [2.05, 4.69) is 20.6 Å². The van der Waals surface area contributed by atoms with Crippen molar-refractivity contribution in [3.05, 3.63) is 35.7 Å². The van der Waals surface area contributed by atoms with Crippen LogP contribution >= 0.6 is 0 Å². The molecule has 0 radical (unpaired) electrons. The lowest BCUT2D eigenvalue weighted by Gasteiger charge is -2.36. The molecule has 2 heterocycles. The molecule has 1 aliphatic heterocycles. The number of para-hydroxylation sites is 1. The summed E-state index contributed by atoms with van der Waals surface area (Å²) in [7, 11) is 1.54. The minimum absolute atomic E-state index is 0.104. The zero-order valence-corrected chi connectivity index (χ0v) is 12.2. The summed E-state index contributed by atoms with van der Waals surface area (Å²) in [6, 6.07) is 7.12. The number of carbonyl (C=O) groups excluding carboxylic acids is 1. The van der Waals surface area contributed by atoms with E-state index in [1.807, 2.05) is 6.07 Å². The van der Waals surface area contributed by atoms with Crippen LogP contribution in [0.1, 0.15) is 29.0 Å². The van der Waals surface area contributed by atoms with Gasteiger partial charge in [-0.1, -0.05) is 17.3 Å². The number of carbonyl (C=O) groups is 1. The van der Waals surface area contributed by atoms with Gasteiger partial charge in [0.15, 0.2) is 0 Å². The fourth-order valence-electron chi connectivity index (χ4n) is 2.65. The van der Waals surface area contributed by atoms with E-state index in [4.69, 9.17) is 4.74 Å². The monoisotopic (exact) mass is 303 g/mol. The van der Waals surface area contributed by atoms with E-state index in [9.17, 15) is 9.90 Å². The molecule has 0 aliphatic carbocycles. The van der Waals surface area contributed by atoms with Crippen molar-refractivity contribution < 1.29 is 14.6 Å². The Kier molecular flexibility index (Phi) is 3.76. The van der Waals surface area contributed by atoms with Crippen LogP contribution in [0.4, 0.5) is 0 Å². The van der Waals surface area contributed by atoms with Gasteiger partial charge >= 0.3 is 0 Å². The van der Waals surface area contributed by atoms with Crippen molar-refractivity contribution in [2.24, 2.45) is 0 Å². The number of aromatic nitrogens is 4. The highest BCUT2D eigenvalue weighted by molar-refractivity contribution is 5.97. The molecule has 22 heavy (non-hydrogen) atoms. The molecular weight excluding hydrogens is 286 g/mol. The molecule has 0 saturated carbocycles. The number of ether oxygens (including phenoxy) is 1. The molecule has 0 spiro atoms. The SMILES string of the molecule is COc1ccccc1C(=O)N1CCC(O)(c2nn[nH]n2)CC1. The molecule has 1 amide bonds. The maximum absolute atomic E-state index is 12.6. The van der Waals surface area contributed by atoms with Crippen LogP contribution in [0.3, 0.4) is 0 Å². The summed E-state index contributed by atoms with van der Waals surface area (Å²) in [5.41, 5.74) is -0.611. The predicted molar refractivity (Wildman–Crippen MR) is 76.2 cm³/mol. The number of aromatic amines is 1. The van der Waals surface area contributed by atoms with Gasteiger partial charge in [-0.3, -0.25) is 4.79 Å². The van der Waals surface area contributed by atoms with Gasteiger partial charge in [0.2, 0.25) is 5.82 Å². The van der Waals surface area contributed by atoms with Crippen LogP contribution in [-0.2, 0) is 5.60 Å². The normalized spacial score (nSPS) is 17.3. The van der Waals surface area contributed by atoms with Crippen molar-refractivity contribution in [1.82, 2.24) is 25.5 Å². The molecule has 0 unspecified atom stereocenters. The number of nitrogens with one attached hydrogen (secondary N) is 1. The molecule has 3 rings (SSSR count). The lowest BCUT2D eigenvalue weighted by atomic mass is 9.90. The molecule has 1 fully saturated rings. The predicted octanol–water partition coefficient (Wildman–Crippen LogP) is 0.332. The third kappa shape index (κ3) is 2.52. The van der Waals surface area contributed by atoms with Crippen LogP contribution in [0.25, 0.3) is 0 Å². The Bertz CT molecular complexity index is 650. The standard InChI is InChI=1S/C14H17N5O3/c1-22-11-5-3-2-4-10(11)12(20)19-8-6-14(21,7-9-19)13-15-17-18-16-13/h2-5,21H,6-9H2,1H3,(H,15,16,17,18). The van der Waals surface area contributed by atoms with Gasteiger partial charge in [-0.2, -0.15) is 5.21 Å². The fraction of sp³-hybridized carbons (Fsp3) is 0.429. The number of likely N-dealkylation sites (tertiary alicyclic amines) is 1. The van der Waals surface area contributed by atoms with Gasteiger partial charge in [0, 0.05) is 25.9 Å². The second kappa shape index (κ2) is 5.72. The van der Waals surface area contributed by atoms with Gasteiger partial charge in [-0.25, -0.2) is 0 Å². The molecule has 1 aromatic heterocycles. The van der Waals surface area contributed by atoms with Gasteiger partial charge in [0.25, 0.3) is 5.91 Å². The maximum atomic E-state index is 12.6. The van der Waals surface area contributed by atoms with E-state index in [1.165, 1.54) is 7.11 Å². The van der Waals surface area contributed by atoms with Gasteiger partial charge in [0.05, 0.1) is 12.7 Å². The molecular formula is C14H17N5O3. The average molecular weight is 303 g/mol. The molecule has 1 aliphatic rings. The number of rotatable bonds is 3. The first-order valence-electron chi connectivity index (χ1n) is 7.03. The fourth-order valence-corrected chi connectivity index (χ4v) is 2.65. The quantitative estimate of drug-likeness (QED) is 0.847. The number of hydrogen-bond donors (Lipinski definition) is 2. The van der Waals surface area contributed by atoms with Gasteiger partial charge in [-0.05, 0) is 12.1 Å². The summed E-state index contributed by atoms with van der Waals surface area (Å²) in [5.74, 6) is 0.719. The number of hydrogen-bond acceptors (Lipinski definition) is 6. The second-order valence-corrected chi connectivity index (χ2v) is 5.26. The van der Waals surface area contributed by atoms with Crippen LogP contribution in [0, 0.1) is 0 Å². The lowest BCUT2D eigenvalue weighted by molar-refractivity contribution is -0.0279. The summed E-state index contributed by atoms with van der Waals surface area (Å²) < 4.78 is 5.23. The number of benzene rings is 1. The third-order valence-electron chi connectivity index (χ3n) is 3.98. The van der Waals surface area contributed by atoms with Crippen LogP contribution in [0.2, 0.25) is 0 Å². The van der Waals surface area contributed by atoms with Crippen molar-refractivity contribution in [1.29, 1.82) is 0 Å². The molecule has 0 atom stereocenters. The Morgan fingerprint density at radius 2 is 2.09 bits per heavy atom. The molecule has 8 heteroatoms. The first-order chi connectivity index (χ1) is 10.6. The van der Waals surface area contributed by atoms with Crippen LogP contribution in [0.5, 0.6) is 5.75 Å². The summed E-state index contributed by atoms with van der Waals surface area (Å²) in [6.45, 7) is 0.837. The number of aliphatic hydroxyl groups is 1. The van der Waals surface area contributed by atoms with Crippen molar-refractivity contribution >= 4 is 5.91 Å². The van der Waals surface area contributed by atoms with Gasteiger partial charge in [-0.15, -0.1) is 10.2 Å². The molecule has 1 saturated heterocycles. The summed E-state index contributed by atoms with van der Waals surface area (Å²) in [5, 5.41) is 24.1. The number of nitrogens with zero attached hydrogens (tertiary/aromatic N) is 4. The van der Waals surface area contributed by atoms with Crippen LogP contribution < -0.4 is 4.74 Å². The summed E-state index contributed by atoms with van der Waals surface area (Å²) in [4.78, 5) is 14.3. The average Bonchev–Trinajstić information content (AvgIpc) is 3.10. The van der Waals surface area contributed by atoms with Gasteiger partial charge < -0.3 is 14.7 Å². The smallest absolute Gasteiger partial charge is 0.257 e. The minimum atomic E-state index is -1.13. The summed E-state index contributed by atoms with van der Waals surface area (Å²) in [6.07, 6.45) is 0.737. The van der Waals surface area contributed by atoms with E-state index in [-0.39, 0.29) is 11.7 Å². The Morgan fingerprint density at radius 1 is 1.36 bits per heavy atom. The van der Waals surface area contributed by atoms with Gasteiger partial charge in [0.1, 0.15) is 11.4 Å². The van der Waals surface area contributed by atoms with E-state index < -0.39 is 5.60 Å². The van der Waals surface area contributed by atoms with E-state index >= 15 is 0 Å². The Balaban J connectivity index is 1.72. The molecule has 8 nitrogen and oxygen atoms in total. The van der Waals surface area contributed by atoms with Crippen molar-refractivity contribution in [2.75, 3.05) is 20.2 Å². The van der Waals surface area contributed by atoms with Crippen LogP contribution in [-0.4, -0.2) is 56.7 Å². The highest BCUT2D eigenvalue weighted by Gasteiger charge is 2.39. The third-order valence-corrected chi connectivity index (χ3v) is 3.98. The Morgan fingerprint density at radius 3 is 2.73 bits per heavy atom. The molecule has 1 aromatic carbocycles. The maximum Gasteiger partial charge on any atom is 0.257 e. The highest BCUT2D eigenvalue weighted by atomic mass is 16.5. The van der Waals surface area contributed by atoms with Crippen molar-refractivity contribution in [3.63, 3.8) is 0 Å². The highest BCUT2D eigenvalue weighted by Crippen LogP contribution is 2.31. The summed E-state index contributed by atoms with van der Waals surface area (Å²) >= 11 is 0. The van der Waals surface area contributed by atoms with Crippen LogP contribution in [0.15, 0.2) is 24.3 Å². The number of methoxy groups -OCH3 is 1. The largest absolute Gasteiger partial charge is 0.496 e. The topological polar surface area (TPSA) is 104 Å². The first-order valence-corrected chi connectivity index (χ1v) is 7.03. The molecule has 116 valence electrons. The second-order valence-electron chi connectivity index (χ2n) is 5.26. The molecule has 0 bridgehead atoms. The molecule has 2 N–H and O–H groups in total. The minimum Gasteiger partial charge on any atom is -0.496 e. The Labute approximate surface area is 127 Å². The van der Waals surface area contributed by atoms with Crippen molar-refractivity contribution in [2.45, 2.75) is 18.4 Å². The van der Waals surface area contributed by atoms with E-state index in [1.54, 1.807) is 23.1 Å². The zero-order chi connectivity index (χ0) is 15.6. The number of amides is 1. The molecule has 2 aromatic rings. The number of tetrazole rings is 1. The van der Waals surface area contributed by atoms with E-state index in [0.29, 0.717) is 37.2 Å². The van der Waals surface area contributed by atoms with Crippen molar-refractivity contribution in [3.8, 4) is 5.75 Å². The number of piperidine rings is 1. The lowest BCUT2D eigenvalue weighted by Crippen LogP contribution is -2.45. The van der Waals surface area contributed by atoms with E-state index in [0.717, 1.165) is 0 Å². The zero-order valence-electron chi connectivity index (χ0n) is 12.2. The number of H-pyrrole nitrogens is 1. The Hall–Kier alpha value is -2.48.